The molecule has 5 aromatic rings. The zero-order valence-corrected chi connectivity index (χ0v) is 22.6. The van der Waals surface area contributed by atoms with Crippen molar-refractivity contribution < 1.29 is 46.4 Å². The van der Waals surface area contributed by atoms with Crippen molar-refractivity contribution in [3.05, 3.63) is 76.8 Å². The first-order valence-corrected chi connectivity index (χ1v) is 13.4. The van der Waals surface area contributed by atoms with Gasteiger partial charge in [0, 0.05) is 11.8 Å². The third-order valence-electron chi connectivity index (χ3n) is 6.97. The van der Waals surface area contributed by atoms with E-state index >= 15 is 0 Å². The Bertz CT molecular complexity index is 1800. The van der Waals surface area contributed by atoms with Crippen LogP contribution in [0.15, 0.2) is 42.7 Å². The van der Waals surface area contributed by atoms with Crippen LogP contribution in [0.2, 0.25) is 0 Å². The highest BCUT2D eigenvalue weighted by Crippen LogP contribution is 2.40. The van der Waals surface area contributed by atoms with Crippen molar-refractivity contribution in [3.8, 4) is 16.8 Å². The van der Waals surface area contributed by atoms with E-state index in [-0.39, 0.29) is 38.7 Å². The quantitative estimate of drug-likeness (QED) is 0.198. The van der Waals surface area contributed by atoms with Crippen LogP contribution in [0, 0.1) is 24.4 Å². The minimum absolute atomic E-state index is 0.00955. The molecule has 1 aliphatic heterocycles. The number of hydrogen-bond acceptors (Lipinski definition) is 9. The summed E-state index contributed by atoms with van der Waals surface area (Å²) in [6.45, 7) is 0.850. The van der Waals surface area contributed by atoms with Crippen LogP contribution in [-0.2, 0) is 10.9 Å². The van der Waals surface area contributed by atoms with Crippen molar-refractivity contribution >= 4 is 21.6 Å². The molecule has 17 heteroatoms. The number of nitrogens with zero attached hydrogens (tertiary/aromatic N) is 6. The molecule has 2 aromatic carbocycles. The van der Waals surface area contributed by atoms with E-state index in [1.54, 1.807) is 6.92 Å². The number of hydrogen-bond donors (Lipinski definition) is 3. The molecule has 0 spiro atoms. The first-order chi connectivity index (χ1) is 20.3. The Balaban J connectivity index is 1.38. The van der Waals surface area contributed by atoms with Crippen LogP contribution in [0.3, 0.4) is 0 Å². The van der Waals surface area contributed by atoms with Crippen LogP contribution in [0.4, 0.5) is 26.3 Å². The lowest BCUT2D eigenvalue weighted by atomic mass is 9.92. The predicted molar refractivity (Wildman–Crippen MR) is 138 cm³/mol. The molecule has 226 valence electrons. The maximum atomic E-state index is 13.8. The highest BCUT2D eigenvalue weighted by Gasteiger charge is 2.48. The number of thiazole rings is 1. The van der Waals surface area contributed by atoms with Crippen LogP contribution < -0.4 is 0 Å². The van der Waals surface area contributed by atoms with Crippen molar-refractivity contribution in [3.63, 3.8) is 0 Å². The third kappa shape index (κ3) is 5.16. The lowest BCUT2D eigenvalue weighted by Gasteiger charge is -2.41. The van der Waals surface area contributed by atoms with Gasteiger partial charge in [-0.2, -0.15) is 23.4 Å². The average molecular weight is 627 g/mol. The zero-order chi connectivity index (χ0) is 30.8. The van der Waals surface area contributed by atoms with Gasteiger partial charge < -0.3 is 20.1 Å². The number of halogens is 6. The van der Waals surface area contributed by atoms with Crippen molar-refractivity contribution in [2.75, 3.05) is 6.61 Å². The summed E-state index contributed by atoms with van der Waals surface area (Å²) in [7, 11) is 0. The van der Waals surface area contributed by atoms with Crippen molar-refractivity contribution in [1.29, 1.82) is 0 Å². The van der Waals surface area contributed by atoms with E-state index in [1.807, 2.05) is 0 Å². The summed E-state index contributed by atoms with van der Waals surface area (Å²) >= 11 is 0.443. The Morgan fingerprint density at radius 3 is 2.40 bits per heavy atom. The molecule has 4 heterocycles. The molecule has 3 N–H and O–H groups in total. The lowest BCUT2D eigenvalue weighted by Crippen LogP contribution is -2.53. The molecule has 0 bridgehead atoms. The van der Waals surface area contributed by atoms with E-state index in [0.29, 0.717) is 11.3 Å². The molecule has 43 heavy (non-hydrogen) atoms. The monoisotopic (exact) mass is 626 g/mol. The Morgan fingerprint density at radius 2 is 1.72 bits per heavy atom. The number of rotatable bonds is 5. The molecule has 1 saturated heterocycles. The third-order valence-corrected chi connectivity index (χ3v) is 8.03. The van der Waals surface area contributed by atoms with E-state index in [0.717, 1.165) is 16.8 Å². The number of fused-ring (bicyclic) bond motifs is 1. The largest absolute Gasteiger partial charge is 0.443 e. The van der Waals surface area contributed by atoms with Crippen LogP contribution in [-0.4, -0.2) is 69.8 Å². The van der Waals surface area contributed by atoms with Crippen molar-refractivity contribution in [2.45, 2.75) is 43.6 Å². The van der Waals surface area contributed by atoms with Gasteiger partial charge in [-0.15, -0.1) is 11.3 Å². The number of ether oxygens (including phenoxy) is 1. The molecule has 1 fully saturated rings. The van der Waals surface area contributed by atoms with Gasteiger partial charge in [0.1, 0.15) is 36.3 Å². The van der Waals surface area contributed by atoms with Crippen molar-refractivity contribution in [1.82, 2.24) is 29.5 Å². The molecule has 1 aliphatic rings. The number of aliphatic hydroxyl groups is 3. The van der Waals surface area contributed by atoms with Gasteiger partial charge in [-0.25, -0.2) is 27.8 Å². The summed E-state index contributed by atoms with van der Waals surface area (Å²) in [5, 5.41) is 39.8. The van der Waals surface area contributed by atoms with E-state index in [1.165, 1.54) is 35.3 Å². The summed E-state index contributed by atoms with van der Waals surface area (Å²) in [6.07, 6.45) is -7.91. The van der Waals surface area contributed by atoms with Gasteiger partial charge in [0.2, 0.25) is 0 Å². The summed E-state index contributed by atoms with van der Waals surface area (Å²) in [4.78, 5) is 7.97. The number of aliphatic hydroxyl groups excluding tert-OH is 3. The normalized spacial score (nSPS) is 22.9. The van der Waals surface area contributed by atoms with E-state index in [9.17, 15) is 41.7 Å². The van der Waals surface area contributed by atoms with Gasteiger partial charge in [-0.05, 0) is 42.8 Å². The fraction of sp³-hybridized carbons (Fsp3) is 0.308. The second kappa shape index (κ2) is 10.7. The summed E-state index contributed by atoms with van der Waals surface area (Å²) < 4.78 is 89.2. The molecule has 0 unspecified atom stereocenters. The number of aryl methyl sites for hydroxylation is 1. The minimum Gasteiger partial charge on any atom is -0.394 e. The molecule has 0 saturated carbocycles. The number of benzene rings is 2. The molecule has 0 amide bonds. The van der Waals surface area contributed by atoms with Gasteiger partial charge >= 0.3 is 6.18 Å². The standard InChI is InChI=1S/C26H20F6N6O4S/c1-10-34-24(38(36-10)13-2-3-16-18(6-13)43-25(35-16)26(30,31)32)23-22(41)20(21(40)17(9-39)42-23)37-8-12(7-33-37)11-4-14(27)19(29)15(28)5-11/h2-8,17,20-23,39-41H,9H2,1H3/t17-,20+,21+,22-,23-/m1/s1. The first kappa shape index (κ1) is 29.2. The fourth-order valence-electron chi connectivity index (χ4n) is 4.97. The van der Waals surface area contributed by atoms with Crippen molar-refractivity contribution in [2.24, 2.45) is 0 Å². The Labute approximate surface area is 241 Å². The van der Waals surface area contributed by atoms with E-state index in [2.05, 4.69) is 20.2 Å². The summed E-state index contributed by atoms with van der Waals surface area (Å²) in [5.74, 6) is -4.26. The summed E-state index contributed by atoms with van der Waals surface area (Å²) in [6, 6.07) is 4.50. The van der Waals surface area contributed by atoms with Gasteiger partial charge in [0.05, 0.1) is 28.7 Å². The van der Waals surface area contributed by atoms with Gasteiger partial charge in [0.15, 0.2) is 28.3 Å². The smallest absolute Gasteiger partial charge is 0.394 e. The molecule has 3 aromatic heterocycles. The minimum atomic E-state index is -4.63. The van der Waals surface area contributed by atoms with Crippen LogP contribution in [0.1, 0.15) is 28.8 Å². The second-order valence-electron chi connectivity index (χ2n) is 9.81. The SMILES string of the molecule is Cc1nc([C@@H]2O[C@H](CO)[C@H](O)[C@H](n3cc(-c4cc(F)c(F)c(F)c4)cn3)[C@H]2O)n(-c2ccc3nc(C(F)(F)F)sc3c2)n1. The molecule has 6 rings (SSSR count). The zero-order valence-electron chi connectivity index (χ0n) is 21.7. The second-order valence-corrected chi connectivity index (χ2v) is 10.8. The fourth-order valence-corrected chi connectivity index (χ4v) is 5.84. The number of alkyl halides is 3. The first-order valence-electron chi connectivity index (χ1n) is 12.6. The van der Waals surface area contributed by atoms with Gasteiger partial charge in [0.25, 0.3) is 0 Å². The highest BCUT2D eigenvalue weighted by atomic mass is 32.1. The van der Waals surface area contributed by atoms with E-state index < -0.39 is 65.7 Å². The Hall–Kier alpha value is -3.90. The maximum absolute atomic E-state index is 13.8. The molecule has 10 nitrogen and oxygen atoms in total. The molecule has 0 aliphatic carbocycles. The lowest BCUT2D eigenvalue weighted by molar-refractivity contribution is -0.210. The van der Waals surface area contributed by atoms with Crippen LogP contribution >= 0.6 is 11.3 Å². The van der Waals surface area contributed by atoms with E-state index in [4.69, 9.17) is 4.74 Å². The molecule has 5 atom stereocenters. The predicted octanol–water partition coefficient (Wildman–Crippen LogP) is 3.88. The van der Waals surface area contributed by atoms with Gasteiger partial charge in [-0.1, -0.05) is 0 Å². The Morgan fingerprint density at radius 1 is 1.00 bits per heavy atom. The topological polar surface area (TPSA) is 131 Å². The number of aromatic nitrogens is 6. The molecule has 0 radical (unpaired) electrons. The highest BCUT2D eigenvalue weighted by molar-refractivity contribution is 7.18. The Kier molecular flexibility index (Phi) is 7.24. The van der Waals surface area contributed by atoms with Crippen LogP contribution in [0.25, 0.3) is 27.0 Å². The maximum Gasteiger partial charge on any atom is 0.443 e. The van der Waals surface area contributed by atoms with Crippen LogP contribution in [0.5, 0.6) is 0 Å². The van der Waals surface area contributed by atoms with Gasteiger partial charge in [-0.3, -0.25) is 4.68 Å². The summed E-state index contributed by atoms with van der Waals surface area (Å²) in [5.41, 5.74) is 0.473. The molecular weight excluding hydrogens is 606 g/mol. The molecular formula is C26H20F6N6O4S. The average Bonchev–Trinajstić information content (AvgIpc) is 3.69.